The van der Waals surface area contributed by atoms with E-state index >= 15 is 0 Å². The molecule has 0 atom stereocenters. The van der Waals surface area contributed by atoms with Crippen LogP contribution in [0.25, 0.3) is 0 Å². The Bertz CT molecular complexity index is 288. The van der Waals surface area contributed by atoms with Crippen LogP contribution < -0.4 is 5.32 Å². The Morgan fingerprint density at radius 1 is 1.11 bits per heavy atom. The molecule has 0 fully saturated rings. The van der Waals surface area contributed by atoms with E-state index in [1.807, 2.05) is 13.8 Å². The predicted molar refractivity (Wildman–Crippen MR) is 72.3 cm³/mol. The van der Waals surface area contributed by atoms with Gasteiger partial charge >= 0.3 is 5.97 Å². The molecule has 0 aliphatic heterocycles. The third kappa shape index (κ3) is 5.52. The molecule has 0 saturated heterocycles. The number of carboxylic acid groups (broad SMARTS) is 1. The first kappa shape index (κ1) is 16.9. The summed E-state index contributed by atoms with van der Waals surface area (Å²) in [7, 11) is 0. The van der Waals surface area contributed by atoms with Crippen molar-refractivity contribution in [2.45, 2.75) is 60.3 Å². The molecule has 0 heterocycles. The Labute approximate surface area is 110 Å². The SMILES string of the molecule is CCC(CC)(CC(=O)NCCC(C)(C)C)C(=O)O. The molecule has 0 bridgehead atoms. The summed E-state index contributed by atoms with van der Waals surface area (Å²) in [6.45, 7) is 10.6. The van der Waals surface area contributed by atoms with Gasteiger partial charge in [0, 0.05) is 13.0 Å². The minimum Gasteiger partial charge on any atom is -0.481 e. The molecule has 0 saturated carbocycles. The third-order valence-corrected chi connectivity index (χ3v) is 3.50. The lowest BCUT2D eigenvalue weighted by molar-refractivity contribution is -0.152. The van der Waals surface area contributed by atoms with Gasteiger partial charge in [-0.3, -0.25) is 9.59 Å². The Morgan fingerprint density at radius 2 is 1.61 bits per heavy atom. The number of nitrogens with one attached hydrogen (secondary N) is 1. The minimum atomic E-state index is -0.911. The Balaban J connectivity index is 4.33. The molecule has 18 heavy (non-hydrogen) atoms. The highest BCUT2D eigenvalue weighted by Gasteiger charge is 2.36. The molecule has 1 amide bonds. The van der Waals surface area contributed by atoms with Gasteiger partial charge in [0.05, 0.1) is 5.41 Å². The van der Waals surface area contributed by atoms with E-state index in [4.69, 9.17) is 0 Å². The standard InChI is InChI=1S/C14H27NO3/c1-6-14(7-2,12(17)18)10-11(16)15-9-8-13(3,4)5/h6-10H2,1-5H3,(H,15,16)(H,17,18). The second-order valence-corrected chi connectivity index (χ2v) is 6.13. The van der Waals surface area contributed by atoms with Crippen molar-refractivity contribution in [1.82, 2.24) is 5.32 Å². The summed E-state index contributed by atoms with van der Waals surface area (Å²) in [5, 5.41) is 12.1. The van der Waals surface area contributed by atoms with E-state index in [9.17, 15) is 14.7 Å². The first-order valence-electron chi connectivity index (χ1n) is 6.67. The Kier molecular flexibility index (Phi) is 6.36. The zero-order chi connectivity index (χ0) is 14.4. The summed E-state index contributed by atoms with van der Waals surface area (Å²) in [5.74, 6) is -1.04. The molecule has 106 valence electrons. The normalized spacial score (nSPS) is 12.3. The van der Waals surface area contributed by atoms with Crippen molar-refractivity contribution in [3.63, 3.8) is 0 Å². The van der Waals surface area contributed by atoms with Gasteiger partial charge < -0.3 is 10.4 Å². The van der Waals surface area contributed by atoms with Crippen molar-refractivity contribution >= 4 is 11.9 Å². The monoisotopic (exact) mass is 257 g/mol. The molecule has 0 aliphatic carbocycles. The van der Waals surface area contributed by atoms with Crippen molar-refractivity contribution in [3.8, 4) is 0 Å². The van der Waals surface area contributed by atoms with Gasteiger partial charge in [-0.1, -0.05) is 34.6 Å². The van der Waals surface area contributed by atoms with E-state index in [-0.39, 0.29) is 17.7 Å². The van der Waals surface area contributed by atoms with Crippen molar-refractivity contribution in [1.29, 1.82) is 0 Å². The van der Waals surface area contributed by atoms with Gasteiger partial charge in [0.25, 0.3) is 0 Å². The quantitative estimate of drug-likeness (QED) is 0.737. The number of hydrogen-bond acceptors (Lipinski definition) is 2. The van der Waals surface area contributed by atoms with Crippen LogP contribution >= 0.6 is 0 Å². The van der Waals surface area contributed by atoms with E-state index in [0.717, 1.165) is 6.42 Å². The maximum Gasteiger partial charge on any atom is 0.310 e. The van der Waals surface area contributed by atoms with Crippen LogP contribution in [0.4, 0.5) is 0 Å². The summed E-state index contributed by atoms with van der Waals surface area (Å²) in [4.78, 5) is 23.1. The second kappa shape index (κ2) is 6.76. The summed E-state index contributed by atoms with van der Waals surface area (Å²) < 4.78 is 0. The van der Waals surface area contributed by atoms with Crippen LogP contribution in [0.3, 0.4) is 0 Å². The fraction of sp³-hybridized carbons (Fsp3) is 0.857. The van der Waals surface area contributed by atoms with Gasteiger partial charge in [-0.25, -0.2) is 0 Å². The molecular weight excluding hydrogens is 230 g/mol. The number of carbonyl (C=O) groups is 2. The number of amides is 1. The number of carbonyl (C=O) groups excluding carboxylic acids is 1. The van der Waals surface area contributed by atoms with Crippen LogP contribution in [-0.2, 0) is 9.59 Å². The predicted octanol–water partition coefficient (Wildman–Crippen LogP) is 2.82. The van der Waals surface area contributed by atoms with E-state index < -0.39 is 11.4 Å². The highest BCUT2D eigenvalue weighted by molar-refractivity contribution is 5.84. The molecule has 0 aliphatic rings. The molecule has 0 unspecified atom stereocenters. The molecule has 0 rings (SSSR count). The molecule has 0 spiro atoms. The molecule has 4 heteroatoms. The summed E-state index contributed by atoms with van der Waals surface area (Å²) >= 11 is 0. The van der Waals surface area contributed by atoms with Crippen molar-refractivity contribution in [2.24, 2.45) is 10.8 Å². The topological polar surface area (TPSA) is 66.4 Å². The first-order valence-corrected chi connectivity index (χ1v) is 6.67. The van der Waals surface area contributed by atoms with Crippen LogP contribution in [0.2, 0.25) is 0 Å². The Morgan fingerprint density at radius 3 is 1.94 bits per heavy atom. The van der Waals surface area contributed by atoms with Crippen LogP contribution in [0.15, 0.2) is 0 Å². The molecule has 4 nitrogen and oxygen atoms in total. The summed E-state index contributed by atoms with van der Waals surface area (Å²) in [5.41, 5.74) is -0.738. The van der Waals surface area contributed by atoms with E-state index in [1.165, 1.54) is 0 Å². The highest BCUT2D eigenvalue weighted by Crippen LogP contribution is 2.30. The van der Waals surface area contributed by atoms with Crippen LogP contribution in [0.5, 0.6) is 0 Å². The average Bonchev–Trinajstić information content (AvgIpc) is 2.23. The highest BCUT2D eigenvalue weighted by atomic mass is 16.4. The Hall–Kier alpha value is -1.06. The third-order valence-electron chi connectivity index (χ3n) is 3.50. The van der Waals surface area contributed by atoms with Gasteiger partial charge in [-0.05, 0) is 24.7 Å². The number of carboxylic acids is 1. The van der Waals surface area contributed by atoms with Crippen LogP contribution in [0.1, 0.15) is 60.3 Å². The lowest BCUT2D eigenvalue weighted by Gasteiger charge is -2.26. The fourth-order valence-corrected chi connectivity index (χ4v) is 1.82. The van der Waals surface area contributed by atoms with Gasteiger partial charge in [-0.15, -0.1) is 0 Å². The molecule has 0 aromatic heterocycles. The molecule has 0 aromatic rings. The van der Waals surface area contributed by atoms with Crippen molar-refractivity contribution < 1.29 is 14.7 Å². The van der Waals surface area contributed by atoms with E-state index in [1.54, 1.807) is 0 Å². The van der Waals surface area contributed by atoms with Gasteiger partial charge in [0.2, 0.25) is 5.91 Å². The molecule has 2 N–H and O–H groups in total. The smallest absolute Gasteiger partial charge is 0.310 e. The molecule has 0 radical (unpaired) electrons. The lowest BCUT2D eigenvalue weighted by atomic mass is 9.79. The number of hydrogen-bond donors (Lipinski definition) is 2. The van der Waals surface area contributed by atoms with Crippen molar-refractivity contribution in [2.75, 3.05) is 6.54 Å². The fourth-order valence-electron chi connectivity index (χ4n) is 1.82. The van der Waals surface area contributed by atoms with Crippen molar-refractivity contribution in [3.05, 3.63) is 0 Å². The zero-order valence-electron chi connectivity index (χ0n) is 12.3. The van der Waals surface area contributed by atoms with E-state index in [2.05, 4.69) is 26.1 Å². The average molecular weight is 257 g/mol. The second-order valence-electron chi connectivity index (χ2n) is 6.13. The summed E-state index contributed by atoms with van der Waals surface area (Å²) in [6.07, 6.45) is 1.91. The first-order chi connectivity index (χ1) is 8.17. The lowest BCUT2D eigenvalue weighted by Crippen LogP contribution is -2.37. The van der Waals surface area contributed by atoms with Crippen LogP contribution in [-0.4, -0.2) is 23.5 Å². The van der Waals surface area contributed by atoms with E-state index in [0.29, 0.717) is 19.4 Å². The maximum absolute atomic E-state index is 11.8. The van der Waals surface area contributed by atoms with Gasteiger partial charge in [0.15, 0.2) is 0 Å². The zero-order valence-corrected chi connectivity index (χ0v) is 12.3. The number of aliphatic carboxylic acids is 1. The van der Waals surface area contributed by atoms with Crippen LogP contribution in [0, 0.1) is 10.8 Å². The minimum absolute atomic E-state index is 0.0689. The number of rotatable bonds is 7. The largest absolute Gasteiger partial charge is 0.481 e. The van der Waals surface area contributed by atoms with Gasteiger partial charge in [0.1, 0.15) is 0 Å². The summed E-state index contributed by atoms with van der Waals surface area (Å²) in [6, 6.07) is 0. The molecular formula is C14H27NO3. The van der Waals surface area contributed by atoms with Gasteiger partial charge in [-0.2, -0.15) is 0 Å². The maximum atomic E-state index is 11.8. The molecule has 0 aromatic carbocycles.